The Morgan fingerprint density at radius 1 is 0.170 bits per heavy atom. The van der Waals surface area contributed by atoms with E-state index >= 15 is 26.3 Å². The summed E-state index contributed by atoms with van der Waals surface area (Å²) in [6.45, 7) is 0. The summed E-state index contributed by atoms with van der Waals surface area (Å²) in [5.41, 5.74) is -4.02. The lowest BCUT2D eigenvalue weighted by Gasteiger charge is -2.18. The van der Waals surface area contributed by atoms with Gasteiger partial charge < -0.3 is 0 Å². The van der Waals surface area contributed by atoms with Gasteiger partial charge in [-0.15, -0.1) is 0 Å². The molecule has 0 spiro atoms. The molecule has 0 aliphatic heterocycles. The van der Waals surface area contributed by atoms with Gasteiger partial charge in [0.05, 0.1) is 32.3 Å². The smallest absolute Gasteiger partial charge is 0.202 e. The Bertz CT molecular complexity index is 2300. The third kappa shape index (κ3) is 3.90. The average Bonchev–Trinajstić information content (AvgIpc) is 3.03. The third-order valence-electron chi connectivity index (χ3n) is 7.49. The van der Waals surface area contributed by atoms with Crippen LogP contribution < -0.4 is 10.9 Å². The summed E-state index contributed by atoms with van der Waals surface area (Å²) >= 11 is 0. The quantitative estimate of drug-likeness (QED) is 0.0566. The molecule has 0 aliphatic carbocycles. The average molecular weight is 690 g/mol. The van der Waals surface area contributed by atoms with E-state index in [0.29, 0.717) is 0 Å². The summed E-state index contributed by atoms with van der Waals surface area (Å²) in [5, 5.41) is -17.4. The Labute approximate surface area is 245 Å². The first-order chi connectivity index (χ1) is 21.9. The van der Waals surface area contributed by atoms with Crippen molar-refractivity contribution in [3.63, 3.8) is 0 Å². The molecule has 6 rings (SSSR count). The SMILES string of the molecule is Fc1c(F)c(F)c2c(F)c3c(Bc4c(F)c(F)c(F)c5c(F)c6c(F)c(F)c(F)c(F)c6c(F)c45)c(F)c(F)c(F)c3c(F)c2c1F. The second-order valence-corrected chi connectivity index (χ2v) is 9.79. The molecule has 0 heterocycles. The van der Waals surface area contributed by atoms with E-state index in [-0.39, 0.29) is 0 Å². The van der Waals surface area contributed by atoms with Crippen LogP contribution in [0.5, 0.6) is 0 Å². The fraction of sp³-hybridized carbons (Fsp3) is 0. The van der Waals surface area contributed by atoms with Gasteiger partial charge in [-0.05, 0) is 10.9 Å². The zero-order valence-corrected chi connectivity index (χ0v) is 21.5. The molecule has 0 saturated carbocycles. The molecule has 0 radical (unpaired) electrons. The van der Waals surface area contributed by atoms with Crippen LogP contribution in [0.1, 0.15) is 0 Å². The van der Waals surface area contributed by atoms with Crippen molar-refractivity contribution in [3.05, 3.63) is 105 Å². The minimum absolute atomic E-state index is 2.01. The predicted octanol–water partition coefficient (Wildman–Crippen LogP) is 8.19. The van der Waals surface area contributed by atoms with Crippen LogP contribution in [-0.4, -0.2) is 7.28 Å². The normalized spacial score (nSPS) is 12.0. The van der Waals surface area contributed by atoms with E-state index in [1.165, 1.54) is 0 Å². The molecule has 0 unspecified atom stereocenters. The van der Waals surface area contributed by atoms with Gasteiger partial charge in [0.25, 0.3) is 0 Å². The van der Waals surface area contributed by atoms with Gasteiger partial charge in [0.2, 0.25) is 7.28 Å². The van der Waals surface area contributed by atoms with Gasteiger partial charge in [-0.2, -0.15) is 0 Å². The maximum Gasteiger partial charge on any atom is 0.202 e. The van der Waals surface area contributed by atoms with Crippen molar-refractivity contribution in [1.29, 1.82) is 0 Å². The number of fused-ring (bicyclic) bond motifs is 4. The largest absolute Gasteiger partial charge is 0.206 e. The lowest BCUT2D eigenvalue weighted by atomic mass is 9.60. The van der Waals surface area contributed by atoms with E-state index in [0.717, 1.165) is 0 Å². The second-order valence-electron chi connectivity index (χ2n) is 9.79. The van der Waals surface area contributed by atoms with Gasteiger partial charge in [-0.3, -0.25) is 0 Å². The Kier molecular flexibility index (Phi) is 7.06. The van der Waals surface area contributed by atoms with Crippen LogP contribution in [-0.2, 0) is 0 Å². The lowest BCUT2D eigenvalue weighted by molar-refractivity contribution is 0.414. The third-order valence-corrected chi connectivity index (χ3v) is 7.49. The Balaban J connectivity index is 1.85. The first kappa shape index (κ1) is 32.1. The van der Waals surface area contributed by atoms with E-state index < -0.39 is 166 Å². The lowest BCUT2D eigenvalue weighted by Crippen LogP contribution is -2.36. The van der Waals surface area contributed by atoms with Crippen LogP contribution in [0.4, 0.5) is 79.0 Å². The fourth-order valence-corrected chi connectivity index (χ4v) is 5.41. The molecule has 0 atom stereocenters. The van der Waals surface area contributed by atoms with Crippen LogP contribution in [0.25, 0.3) is 43.1 Å². The van der Waals surface area contributed by atoms with Gasteiger partial charge in [0, 0.05) is 10.8 Å². The summed E-state index contributed by atoms with van der Waals surface area (Å²) in [7, 11) is -2.20. The van der Waals surface area contributed by atoms with E-state index in [9.17, 15) is 52.7 Å². The molecule has 6 aromatic carbocycles. The molecule has 0 nitrogen and oxygen atoms in total. The first-order valence-corrected chi connectivity index (χ1v) is 12.1. The summed E-state index contributed by atoms with van der Waals surface area (Å²) in [4.78, 5) is 0. The van der Waals surface area contributed by atoms with Crippen LogP contribution >= 0.6 is 0 Å². The van der Waals surface area contributed by atoms with Crippen LogP contribution in [0.2, 0.25) is 0 Å². The number of hydrogen-bond acceptors (Lipinski definition) is 0. The van der Waals surface area contributed by atoms with Gasteiger partial charge in [-0.25, -0.2) is 79.0 Å². The van der Waals surface area contributed by atoms with Crippen molar-refractivity contribution >= 4 is 61.3 Å². The Morgan fingerprint density at radius 2 is 0.340 bits per heavy atom. The fourth-order valence-electron chi connectivity index (χ4n) is 5.41. The second kappa shape index (κ2) is 10.3. The standard InChI is InChI=1S/C28HBF18/c30-11-1-3(13(32)7-5(11)17(36)25(44)27(46)19(7)38)15(34)23(42)21(40)9(1)29-10-2-4(16(35)24(43)22(10)41)14(33)8-6(12(2)31)18(37)26(45)28(47)20(8)39/h29H. The van der Waals surface area contributed by atoms with E-state index in [1.807, 2.05) is 0 Å². The molecule has 0 bridgehead atoms. The molecule has 0 saturated heterocycles. The van der Waals surface area contributed by atoms with Crippen molar-refractivity contribution in [2.75, 3.05) is 0 Å². The maximum absolute atomic E-state index is 15.7. The van der Waals surface area contributed by atoms with Crippen molar-refractivity contribution in [2.24, 2.45) is 0 Å². The summed E-state index contributed by atoms with van der Waals surface area (Å²) in [5.74, 6) is -49.2. The van der Waals surface area contributed by atoms with Gasteiger partial charge in [-0.1, -0.05) is 0 Å². The van der Waals surface area contributed by atoms with Gasteiger partial charge in [0.1, 0.15) is 23.3 Å². The molecule has 0 aliphatic rings. The number of halogens is 18. The summed E-state index contributed by atoms with van der Waals surface area (Å²) in [6.07, 6.45) is 0. The monoisotopic (exact) mass is 690 g/mol. The van der Waals surface area contributed by atoms with Crippen LogP contribution in [0.15, 0.2) is 0 Å². The molecule has 0 aromatic heterocycles. The van der Waals surface area contributed by atoms with E-state index in [4.69, 9.17) is 0 Å². The highest BCUT2D eigenvalue weighted by Gasteiger charge is 2.36. The Hall–Kier alpha value is -4.84. The highest BCUT2D eigenvalue weighted by Crippen LogP contribution is 2.40. The molecule has 0 fully saturated rings. The molecule has 0 amide bonds. The van der Waals surface area contributed by atoms with Crippen LogP contribution in [0.3, 0.4) is 0 Å². The van der Waals surface area contributed by atoms with Crippen molar-refractivity contribution < 1.29 is 79.0 Å². The minimum atomic E-state index is -2.84. The molecule has 47 heavy (non-hydrogen) atoms. The van der Waals surface area contributed by atoms with Gasteiger partial charge in [0.15, 0.2) is 81.4 Å². The van der Waals surface area contributed by atoms with Crippen LogP contribution in [0, 0.1) is 105 Å². The molecule has 6 aromatic rings. The van der Waals surface area contributed by atoms with E-state index in [1.54, 1.807) is 0 Å². The molecule has 19 heteroatoms. The zero-order chi connectivity index (χ0) is 34.9. The maximum atomic E-state index is 15.7. The highest BCUT2D eigenvalue weighted by molar-refractivity contribution is 6.72. The summed E-state index contributed by atoms with van der Waals surface area (Å²) in [6, 6.07) is 0. The van der Waals surface area contributed by atoms with Crippen molar-refractivity contribution in [2.45, 2.75) is 0 Å². The Morgan fingerprint density at radius 3 is 0.574 bits per heavy atom. The molecular formula is C28HBF18. The molecule has 242 valence electrons. The minimum Gasteiger partial charge on any atom is -0.206 e. The molecule has 0 N–H and O–H groups in total. The number of hydrogen-bond donors (Lipinski definition) is 0. The van der Waals surface area contributed by atoms with Crippen molar-refractivity contribution in [1.82, 2.24) is 0 Å². The number of rotatable bonds is 2. The first-order valence-electron chi connectivity index (χ1n) is 12.1. The topological polar surface area (TPSA) is 0 Å². The number of benzene rings is 6. The van der Waals surface area contributed by atoms with E-state index in [2.05, 4.69) is 0 Å². The zero-order valence-electron chi connectivity index (χ0n) is 21.5. The predicted molar refractivity (Wildman–Crippen MR) is 129 cm³/mol. The molecular weight excluding hydrogens is 689 g/mol. The summed E-state index contributed by atoms with van der Waals surface area (Å²) < 4.78 is 265. The highest BCUT2D eigenvalue weighted by atomic mass is 19.2. The van der Waals surface area contributed by atoms with Gasteiger partial charge >= 0.3 is 0 Å². The van der Waals surface area contributed by atoms with Crippen molar-refractivity contribution in [3.8, 4) is 0 Å².